The summed E-state index contributed by atoms with van der Waals surface area (Å²) < 4.78 is 30.9. The molecule has 56 heavy (non-hydrogen) atoms. The number of rotatable bonds is 13. The molecule has 5 aromatic rings. The average molecular weight is 811 g/mol. The summed E-state index contributed by atoms with van der Waals surface area (Å²) in [7, 11) is 0. The Bertz CT molecular complexity index is 2210. The van der Waals surface area contributed by atoms with Gasteiger partial charge < -0.3 is 34.8 Å². The first-order valence-electron chi connectivity index (χ1n) is 17.9. The smallest absolute Gasteiger partial charge is 0.335 e. The second-order valence-electron chi connectivity index (χ2n) is 13.2. The number of carbonyl (C=O) groups excluding carboxylic acids is 1. The normalized spacial score (nSPS) is 14.5. The Labute approximate surface area is 329 Å². The number of carbonyl (C=O) groups is 3. The highest BCUT2D eigenvalue weighted by Crippen LogP contribution is 2.31. The third-order valence-electron chi connectivity index (χ3n) is 9.65. The standard InChI is InChI=1S/C36H35ClF2N4O2S.C4H6O6/c1-2-41-20-18-27(19-21-41)42(22-24-10-12-25(13-11-24)31-15-16-32(37)46-31)34(44)23-43-30-9-4-3-7-28(30)36(45)40-33(43)17-14-26-6-5-8-29(38)35(26)39;5-1(3(7)8)2(6)4(9)10/h3-13,15-16,27H,2,14,17-23H2,1H3;1-2,5-6H,(H,7,8)(H,9,10). The molecule has 2 atom stereocenters. The number of halogens is 3. The van der Waals surface area contributed by atoms with Gasteiger partial charge >= 0.3 is 11.9 Å². The SMILES string of the molecule is CCN1CCC(N(Cc2ccc(-c3ccc(Cl)s3)cc2)C(=O)Cn2c(CCc3cccc(F)c3F)nc(=O)c3ccccc32)CC1.O=C(O)C(O)C(O)C(=O)O. The summed E-state index contributed by atoms with van der Waals surface area (Å²) in [5, 5.41) is 32.9. The quantitative estimate of drug-likeness (QED) is 0.123. The van der Waals surface area contributed by atoms with Crippen molar-refractivity contribution in [2.24, 2.45) is 0 Å². The van der Waals surface area contributed by atoms with Crippen LogP contribution in [0.5, 0.6) is 0 Å². The lowest BCUT2D eigenvalue weighted by Gasteiger charge is -2.38. The maximum Gasteiger partial charge on any atom is 0.335 e. The first-order valence-corrected chi connectivity index (χ1v) is 19.1. The largest absolute Gasteiger partial charge is 0.479 e. The number of amides is 1. The van der Waals surface area contributed by atoms with Crippen molar-refractivity contribution in [3.8, 4) is 10.4 Å². The lowest BCUT2D eigenvalue weighted by Crippen LogP contribution is -2.48. The Morgan fingerprint density at radius 1 is 0.911 bits per heavy atom. The zero-order valence-electron chi connectivity index (χ0n) is 30.4. The number of para-hydroxylation sites is 1. The summed E-state index contributed by atoms with van der Waals surface area (Å²) in [4.78, 5) is 56.7. The van der Waals surface area contributed by atoms with Crippen LogP contribution in [0.1, 0.15) is 36.7 Å². The number of hydrogen-bond donors (Lipinski definition) is 4. The Kier molecular flexibility index (Phi) is 14.4. The van der Waals surface area contributed by atoms with Crippen LogP contribution in [0.4, 0.5) is 8.78 Å². The van der Waals surface area contributed by atoms with Gasteiger partial charge in [-0.15, -0.1) is 11.3 Å². The van der Waals surface area contributed by atoms with E-state index in [1.807, 2.05) is 23.1 Å². The molecule has 2 aromatic heterocycles. The van der Waals surface area contributed by atoms with Crippen LogP contribution in [-0.2, 0) is 40.3 Å². The van der Waals surface area contributed by atoms with Gasteiger partial charge in [0.1, 0.15) is 12.4 Å². The maximum atomic E-state index is 14.5. The summed E-state index contributed by atoms with van der Waals surface area (Å²) in [6.45, 7) is 5.35. The molecule has 0 aliphatic carbocycles. The highest BCUT2D eigenvalue weighted by atomic mass is 35.5. The number of carboxylic acids is 2. The number of nitrogens with zero attached hydrogens (tertiary/aromatic N) is 4. The number of fused-ring (bicyclic) bond motifs is 1. The van der Waals surface area contributed by atoms with Crippen molar-refractivity contribution >= 4 is 51.7 Å². The molecule has 12 nitrogen and oxygen atoms in total. The zero-order valence-corrected chi connectivity index (χ0v) is 31.9. The van der Waals surface area contributed by atoms with Gasteiger partial charge in [0.15, 0.2) is 23.8 Å². The number of aryl methyl sites for hydroxylation is 2. The number of aliphatic hydroxyl groups excluding tert-OH is 2. The third kappa shape index (κ3) is 10.4. The van der Waals surface area contributed by atoms with Gasteiger partial charge in [0, 0.05) is 37.0 Å². The predicted molar refractivity (Wildman–Crippen MR) is 208 cm³/mol. The van der Waals surface area contributed by atoms with E-state index in [-0.39, 0.29) is 36.9 Å². The van der Waals surface area contributed by atoms with Gasteiger partial charge in [0.2, 0.25) is 5.91 Å². The van der Waals surface area contributed by atoms with E-state index in [9.17, 15) is 28.0 Å². The number of aliphatic hydroxyl groups is 2. The number of aliphatic carboxylic acids is 2. The van der Waals surface area contributed by atoms with E-state index in [2.05, 4.69) is 41.1 Å². The molecule has 3 heterocycles. The molecule has 0 bridgehead atoms. The number of likely N-dealkylation sites (tertiary alicyclic amines) is 1. The molecule has 0 radical (unpaired) electrons. The molecule has 16 heteroatoms. The van der Waals surface area contributed by atoms with E-state index >= 15 is 0 Å². The molecule has 1 saturated heterocycles. The summed E-state index contributed by atoms with van der Waals surface area (Å²) in [5.41, 5.74) is 2.45. The Balaban J connectivity index is 0.000000530. The average Bonchev–Trinajstić information content (AvgIpc) is 3.64. The van der Waals surface area contributed by atoms with E-state index in [1.165, 1.54) is 23.5 Å². The van der Waals surface area contributed by atoms with Crippen molar-refractivity contribution in [2.45, 2.75) is 63.9 Å². The van der Waals surface area contributed by atoms with Gasteiger partial charge in [-0.2, -0.15) is 4.98 Å². The number of aromatic nitrogens is 2. The Morgan fingerprint density at radius 3 is 2.18 bits per heavy atom. The van der Waals surface area contributed by atoms with Crippen molar-refractivity contribution in [3.05, 3.63) is 122 Å². The van der Waals surface area contributed by atoms with E-state index < -0.39 is 41.3 Å². The van der Waals surface area contributed by atoms with E-state index in [0.29, 0.717) is 23.3 Å². The number of thiophene rings is 1. The third-order valence-corrected chi connectivity index (χ3v) is 10.9. The van der Waals surface area contributed by atoms with Gasteiger partial charge in [-0.05, 0) is 72.8 Å². The van der Waals surface area contributed by atoms with E-state index in [4.69, 9.17) is 32.0 Å². The second-order valence-corrected chi connectivity index (χ2v) is 14.9. The molecule has 1 aliphatic rings. The topological polar surface area (TPSA) is 174 Å². The summed E-state index contributed by atoms with van der Waals surface area (Å²) in [5.74, 6) is -5.09. The van der Waals surface area contributed by atoms with Crippen LogP contribution < -0.4 is 5.56 Å². The molecule has 1 fully saturated rings. The lowest BCUT2D eigenvalue weighted by atomic mass is 10.0. The number of hydrogen-bond acceptors (Lipinski definition) is 9. The minimum Gasteiger partial charge on any atom is -0.479 e. The van der Waals surface area contributed by atoms with Crippen molar-refractivity contribution < 1.29 is 43.6 Å². The van der Waals surface area contributed by atoms with Gasteiger partial charge in [0.05, 0.1) is 15.2 Å². The number of piperidine rings is 1. The summed E-state index contributed by atoms with van der Waals surface area (Å²) >= 11 is 7.68. The van der Waals surface area contributed by atoms with Crippen LogP contribution in [0.3, 0.4) is 0 Å². The van der Waals surface area contributed by atoms with Crippen LogP contribution in [0.25, 0.3) is 21.3 Å². The highest BCUT2D eigenvalue weighted by Gasteiger charge is 2.30. The molecule has 296 valence electrons. The Morgan fingerprint density at radius 2 is 1.57 bits per heavy atom. The molecule has 4 N–H and O–H groups in total. The second kappa shape index (κ2) is 19.2. The van der Waals surface area contributed by atoms with E-state index in [0.717, 1.165) is 58.9 Å². The van der Waals surface area contributed by atoms with Crippen LogP contribution in [0.2, 0.25) is 4.34 Å². The van der Waals surface area contributed by atoms with Gasteiger partial charge in [-0.25, -0.2) is 18.4 Å². The monoisotopic (exact) mass is 810 g/mol. The molecule has 0 spiro atoms. The molecule has 1 amide bonds. The van der Waals surface area contributed by atoms with E-state index in [1.54, 1.807) is 22.8 Å². The molecule has 0 saturated carbocycles. The maximum absolute atomic E-state index is 14.5. The predicted octanol–water partition coefficient (Wildman–Crippen LogP) is 5.23. The van der Waals surface area contributed by atoms with Crippen LogP contribution in [0.15, 0.2) is 83.7 Å². The fourth-order valence-electron chi connectivity index (χ4n) is 6.53. The Hall–Kier alpha value is -5.06. The minimum atomic E-state index is -2.27. The van der Waals surface area contributed by atoms with Crippen molar-refractivity contribution in [2.75, 3.05) is 19.6 Å². The van der Waals surface area contributed by atoms with Gasteiger partial charge in [-0.1, -0.05) is 67.1 Å². The molecular weight excluding hydrogens is 770 g/mol. The van der Waals surface area contributed by atoms with Crippen molar-refractivity contribution in [1.82, 2.24) is 19.4 Å². The van der Waals surface area contributed by atoms with Crippen LogP contribution in [-0.4, -0.2) is 95.5 Å². The fraction of sp³-hybridized carbons (Fsp3) is 0.325. The molecule has 2 unspecified atom stereocenters. The minimum absolute atomic E-state index is 0.0332. The number of benzene rings is 3. The first-order chi connectivity index (χ1) is 26.8. The lowest BCUT2D eigenvalue weighted by molar-refractivity contribution is -0.165. The molecule has 3 aromatic carbocycles. The van der Waals surface area contributed by atoms with Crippen LogP contribution >= 0.6 is 22.9 Å². The van der Waals surface area contributed by atoms with Crippen LogP contribution in [0, 0.1) is 11.6 Å². The summed E-state index contributed by atoms with van der Waals surface area (Å²) in [6.07, 6.45) is -2.52. The number of carboxylic acid groups (broad SMARTS) is 2. The molecular formula is C40H41ClF2N4O8S. The fourth-order valence-corrected chi connectivity index (χ4v) is 7.58. The molecule has 6 rings (SSSR count). The first kappa shape index (κ1) is 42.1. The van der Waals surface area contributed by atoms with Gasteiger partial charge in [0.25, 0.3) is 5.56 Å². The molecule has 1 aliphatic heterocycles. The summed E-state index contributed by atoms with van der Waals surface area (Å²) in [6, 6.07) is 23.3. The van der Waals surface area contributed by atoms with Crippen molar-refractivity contribution in [3.63, 3.8) is 0 Å². The van der Waals surface area contributed by atoms with Gasteiger partial charge in [-0.3, -0.25) is 9.59 Å². The zero-order chi connectivity index (χ0) is 40.5. The van der Waals surface area contributed by atoms with Crippen molar-refractivity contribution in [1.29, 1.82) is 0 Å². The highest BCUT2D eigenvalue weighted by molar-refractivity contribution is 7.19.